The lowest BCUT2D eigenvalue weighted by molar-refractivity contribution is -0.134. The molecule has 34 heavy (non-hydrogen) atoms. The second kappa shape index (κ2) is 9.69. The van der Waals surface area contributed by atoms with Crippen molar-refractivity contribution in [3.8, 4) is 0 Å². The van der Waals surface area contributed by atoms with Gasteiger partial charge in [0.15, 0.2) is 0 Å². The van der Waals surface area contributed by atoms with Gasteiger partial charge in [0.25, 0.3) is 0 Å². The Bertz CT molecular complexity index is 1330. The Hall–Kier alpha value is -3.64. The third kappa shape index (κ3) is 4.54. The van der Waals surface area contributed by atoms with E-state index in [-0.39, 0.29) is 5.97 Å². The van der Waals surface area contributed by atoms with Gasteiger partial charge in [-0.25, -0.2) is 9.78 Å². The summed E-state index contributed by atoms with van der Waals surface area (Å²) in [5.74, 6) is 0.738. The van der Waals surface area contributed by atoms with Crippen molar-refractivity contribution in [3.05, 3.63) is 95.2 Å². The third-order valence-corrected chi connectivity index (χ3v) is 6.88. The molecule has 1 aliphatic carbocycles. The van der Waals surface area contributed by atoms with Crippen LogP contribution in [0.25, 0.3) is 17.0 Å². The van der Waals surface area contributed by atoms with E-state index in [4.69, 9.17) is 4.74 Å². The van der Waals surface area contributed by atoms with Crippen LogP contribution in [0.4, 0.5) is 0 Å². The standard InChI is InChI=1S/C28H30N4O2/c1-31-16-14-29-27(31)19-32(15-13-22-18-30-25-6-4-3-5-23(22)25)26-11-9-21-17-20(7-10-24(21)26)8-12-28(33)34-2/h3-8,10,12,14,16-18,26,30H,9,11,13,15,19H2,1-2H3. The minimum Gasteiger partial charge on any atom is -0.466 e. The summed E-state index contributed by atoms with van der Waals surface area (Å²) in [7, 11) is 3.45. The highest BCUT2D eigenvalue weighted by atomic mass is 16.5. The van der Waals surface area contributed by atoms with Gasteiger partial charge in [0.05, 0.1) is 13.7 Å². The van der Waals surface area contributed by atoms with Crippen LogP contribution >= 0.6 is 0 Å². The molecule has 0 spiro atoms. The molecule has 2 aromatic heterocycles. The Kier molecular flexibility index (Phi) is 6.32. The number of imidazole rings is 1. The van der Waals surface area contributed by atoms with E-state index in [1.807, 2.05) is 18.5 Å². The van der Waals surface area contributed by atoms with E-state index in [1.165, 1.54) is 40.8 Å². The average molecular weight is 455 g/mol. The zero-order chi connectivity index (χ0) is 23.5. The first kappa shape index (κ1) is 22.2. The number of benzene rings is 2. The molecule has 1 atom stereocenters. The number of nitrogens with zero attached hydrogens (tertiary/aromatic N) is 3. The molecule has 6 nitrogen and oxygen atoms in total. The van der Waals surface area contributed by atoms with E-state index in [0.29, 0.717) is 6.04 Å². The number of hydrogen-bond acceptors (Lipinski definition) is 4. The summed E-state index contributed by atoms with van der Waals surface area (Å²) in [5.41, 5.74) is 6.30. The van der Waals surface area contributed by atoms with Crippen LogP contribution < -0.4 is 0 Å². The Morgan fingerprint density at radius 2 is 2.18 bits per heavy atom. The number of esters is 1. The Balaban J connectivity index is 1.39. The first-order chi connectivity index (χ1) is 16.6. The van der Waals surface area contributed by atoms with Gasteiger partial charge in [-0.1, -0.05) is 36.4 Å². The Morgan fingerprint density at radius 3 is 3.00 bits per heavy atom. The van der Waals surface area contributed by atoms with Gasteiger partial charge in [0.1, 0.15) is 5.82 Å². The van der Waals surface area contributed by atoms with Crippen molar-refractivity contribution >= 4 is 22.9 Å². The van der Waals surface area contributed by atoms with Gasteiger partial charge in [-0.05, 0) is 53.7 Å². The van der Waals surface area contributed by atoms with Gasteiger partial charge in [-0.15, -0.1) is 0 Å². The molecule has 4 aromatic rings. The zero-order valence-electron chi connectivity index (χ0n) is 19.7. The number of nitrogens with one attached hydrogen (secondary N) is 1. The van der Waals surface area contributed by atoms with E-state index >= 15 is 0 Å². The average Bonchev–Trinajstić information content (AvgIpc) is 3.58. The van der Waals surface area contributed by atoms with Crippen molar-refractivity contribution in [1.29, 1.82) is 0 Å². The molecule has 0 amide bonds. The molecule has 0 saturated carbocycles. The van der Waals surface area contributed by atoms with Crippen LogP contribution in [0.2, 0.25) is 0 Å². The van der Waals surface area contributed by atoms with Gasteiger partial charge in [-0.3, -0.25) is 4.90 Å². The molecule has 0 fully saturated rings. The van der Waals surface area contributed by atoms with Crippen molar-refractivity contribution in [2.24, 2.45) is 7.05 Å². The number of fused-ring (bicyclic) bond motifs is 2. The van der Waals surface area contributed by atoms with Gasteiger partial charge in [-0.2, -0.15) is 0 Å². The Morgan fingerprint density at radius 1 is 1.29 bits per heavy atom. The highest BCUT2D eigenvalue weighted by Gasteiger charge is 2.29. The summed E-state index contributed by atoms with van der Waals surface area (Å²) >= 11 is 0. The number of hydrogen-bond donors (Lipinski definition) is 1. The zero-order valence-corrected chi connectivity index (χ0v) is 19.7. The number of carbonyl (C=O) groups is 1. The number of rotatable bonds is 8. The van der Waals surface area contributed by atoms with E-state index in [9.17, 15) is 4.79 Å². The normalized spacial score (nSPS) is 15.4. The molecule has 1 unspecified atom stereocenters. The molecular weight excluding hydrogens is 424 g/mol. The number of aromatic nitrogens is 3. The first-order valence-corrected chi connectivity index (χ1v) is 11.8. The van der Waals surface area contributed by atoms with Gasteiger partial charge >= 0.3 is 5.97 Å². The van der Waals surface area contributed by atoms with Crippen molar-refractivity contribution in [2.45, 2.75) is 31.8 Å². The molecule has 2 aromatic carbocycles. The highest BCUT2D eigenvalue weighted by molar-refractivity contribution is 5.87. The Labute approximate surface area is 199 Å². The SMILES string of the molecule is COC(=O)C=Cc1ccc2c(c1)CCC2N(CCc1c[nH]c2ccccc12)Cc1nccn1C. The maximum absolute atomic E-state index is 11.5. The molecule has 6 heteroatoms. The number of ether oxygens (including phenoxy) is 1. The predicted octanol–water partition coefficient (Wildman–Crippen LogP) is 4.82. The molecule has 0 bridgehead atoms. The number of carbonyl (C=O) groups excluding carboxylic acids is 1. The molecular formula is C28H30N4O2. The summed E-state index contributed by atoms with van der Waals surface area (Å²) in [6.45, 7) is 1.75. The number of methoxy groups -OCH3 is 1. The second-order valence-electron chi connectivity index (χ2n) is 8.90. The smallest absolute Gasteiger partial charge is 0.330 e. The number of H-pyrrole nitrogens is 1. The third-order valence-electron chi connectivity index (χ3n) is 6.88. The fourth-order valence-electron chi connectivity index (χ4n) is 5.01. The lowest BCUT2D eigenvalue weighted by atomic mass is 10.0. The van der Waals surface area contributed by atoms with Crippen LogP contribution in [0.1, 0.15) is 40.5 Å². The largest absolute Gasteiger partial charge is 0.466 e. The molecule has 5 rings (SSSR count). The summed E-state index contributed by atoms with van der Waals surface area (Å²) in [6.07, 6.45) is 12.4. The second-order valence-corrected chi connectivity index (χ2v) is 8.90. The molecule has 0 radical (unpaired) electrons. The minimum atomic E-state index is -0.336. The quantitative estimate of drug-likeness (QED) is 0.306. The van der Waals surface area contributed by atoms with Crippen LogP contribution in [0.5, 0.6) is 0 Å². The van der Waals surface area contributed by atoms with Crippen LogP contribution in [-0.4, -0.2) is 39.1 Å². The predicted molar refractivity (Wildman–Crippen MR) is 134 cm³/mol. The topological polar surface area (TPSA) is 63.1 Å². The van der Waals surface area contributed by atoms with E-state index in [0.717, 1.165) is 43.7 Å². The summed E-state index contributed by atoms with van der Waals surface area (Å²) in [5, 5.41) is 1.30. The first-order valence-electron chi connectivity index (χ1n) is 11.8. The van der Waals surface area contributed by atoms with Gasteiger partial charge in [0.2, 0.25) is 0 Å². The lowest BCUT2D eigenvalue weighted by Crippen LogP contribution is -2.30. The molecule has 2 heterocycles. The fourth-order valence-corrected chi connectivity index (χ4v) is 5.01. The number of para-hydroxylation sites is 1. The van der Waals surface area contributed by atoms with E-state index in [2.05, 4.69) is 75.1 Å². The summed E-state index contributed by atoms with van der Waals surface area (Å²) in [6, 6.07) is 15.4. The summed E-state index contributed by atoms with van der Waals surface area (Å²) in [4.78, 5) is 22.0. The minimum absolute atomic E-state index is 0.336. The summed E-state index contributed by atoms with van der Waals surface area (Å²) < 4.78 is 6.82. The van der Waals surface area contributed by atoms with Crippen LogP contribution in [0, 0.1) is 0 Å². The number of aryl methyl sites for hydroxylation is 2. The van der Waals surface area contributed by atoms with Crippen LogP contribution in [0.3, 0.4) is 0 Å². The van der Waals surface area contributed by atoms with E-state index < -0.39 is 0 Å². The van der Waals surface area contributed by atoms with Crippen molar-refractivity contribution in [2.75, 3.05) is 13.7 Å². The van der Waals surface area contributed by atoms with Crippen molar-refractivity contribution in [3.63, 3.8) is 0 Å². The molecule has 1 aliphatic rings. The lowest BCUT2D eigenvalue weighted by Gasteiger charge is -2.29. The number of aromatic amines is 1. The monoisotopic (exact) mass is 454 g/mol. The van der Waals surface area contributed by atoms with Crippen molar-refractivity contribution < 1.29 is 9.53 Å². The molecule has 0 aliphatic heterocycles. The fraction of sp³-hybridized carbons (Fsp3) is 0.286. The maximum atomic E-state index is 11.5. The highest BCUT2D eigenvalue weighted by Crippen LogP contribution is 2.37. The molecule has 174 valence electrons. The van der Waals surface area contributed by atoms with Crippen molar-refractivity contribution in [1.82, 2.24) is 19.4 Å². The molecule has 0 saturated heterocycles. The van der Waals surface area contributed by atoms with E-state index in [1.54, 1.807) is 0 Å². The van der Waals surface area contributed by atoms with Gasteiger partial charge < -0.3 is 14.3 Å². The molecule has 1 N–H and O–H groups in total. The van der Waals surface area contributed by atoms with Crippen LogP contribution in [-0.2, 0) is 36.0 Å². The maximum Gasteiger partial charge on any atom is 0.330 e. The van der Waals surface area contributed by atoms with Gasteiger partial charge in [0, 0.05) is 55.2 Å². The van der Waals surface area contributed by atoms with Crippen LogP contribution in [0.15, 0.2) is 67.1 Å².